The second-order valence-electron chi connectivity index (χ2n) is 4.15. The SMILES string of the molecule is O=C(Nc1cc(CSCCO)ccn1)c1ccccc1. The van der Waals surface area contributed by atoms with Gasteiger partial charge in [0.15, 0.2) is 0 Å². The fourth-order valence-corrected chi connectivity index (χ4v) is 2.35. The Kier molecular flexibility index (Phi) is 5.58. The molecule has 104 valence electrons. The summed E-state index contributed by atoms with van der Waals surface area (Å²) < 4.78 is 0. The van der Waals surface area contributed by atoms with Gasteiger partial charge in [-0.05, 0) is 29.8 Å². The van der Waals surface area contributed by atoms with Crippen LogP contribution in [0.2, 0.25) is 0 Å². The van der Waals surface area contributed by atoms with Gasteiger partial charge >= 0.3 is 0 Å². The zero-order valence-electron chi connectivity index (χ0n) is 11.0. The predicted molar refractivity (Wildman–Crippen MR) is 81.9 cm³/mol. The van der Waals surface area contributed by atoms with E-state index in [0.717, 1.165) is 11.3 Å². The first kappa shape index (κ1) is 14.6. The maximum Gasteiger partial charge on any atom is 0.256 e. The Balaban J connectivity index is 1.99. The third kappa shape index (κ3) is 4.36. The molecule has 1 heterocycles. The molecule has 0 saturated heterocycles. The smallest absolute Gasteiger partial charge is 0.256 e. The normalized spacial score (nSPS) is 10.2. The molecule has 4 nitrogen and oxygen atoms in total. The number of aliphatic hydroxyl groups is 1. The first-order chi connectivity index (χ1) is 9.79. The number of pyridine rings is 1. The summed E-state index contributed by atoms with van der Waals surface area (Å²) in [5.41, 5.74) is 1.68. The van der Waals surface area contributed by atoms with Gasteiger partial charge in [-0.2, -0.15) is 11.8 Å². The molecule has 0 spiro atoms. The number of amides is 1. The number of thioether (sulfide) groups is 1. The van der Waals surface area contributed by atoms with Gasteiger partial charge in [0.25, 0.3) is 5.91 Å². The molecular weight excluding hydrogens is 272 g/mol. The van der Waals surface area contributed by atoms with Crippen molar-refractivity contribution in [3.63, 3.8) is 0 Å². The molecule has 0 saturated carbocycles. The lowest BCUT2D eigenvalue weighted by Crippen LogP contribution is -2.12. The van der Waals surface area contributed by atoms with Crippen molar-refractivity contribution in [2.24, 2.45) is 0 Å². The summed E-state index contributed by atoms with van der Waals surface area (Å²) >= 11 is 1.64. The minimum Gasteiger partial charge on any atom is -0.396 e. The van der Waals surface area contributed by atoms with Crippen LogP contribution in [0, 0.1) is 0 Å². The number of carbonyl (C=O) groups excluding carboxylic acids is 1. The first-order valence-electron chi connectivity index (χ1n) is 6.29. The number of hydrogen-bond acceptors (Lipinski definition) is 4. The van der Waals surface area contributed by atoms with Crippen LogP contribution in [0.5, 0.6) is 0 Å². The summed E-state index contributed by atoms with van der Waals surface area (Å²) in [4.78, 5) is 16.1. The van der Waals surface area contributed by atoms with Gasteiger partial charge in [-0.1, -0.05) is 18.2 Å². The monoisotopic (exact) mass is 288 g/mol. The summed E-state index contributed by atoms with van der Waals surface area (Å²) in [6, 6.07) is 12.8. The molecule has 2 N–H and O–H groups in total. The van der Waals surface area contributed by atoms with Crippen LogP contribution in [-0.2, 0) is 5.75 Å². The summed E-state index contributed by atoms with van der Waals surface area (Å²) in [5.74, 6) is 1.87. The highest BCUT2D eigenvalue weighted by atomic mass is 32.2. The summed E-state index contributed by atoms with van der Waals surface area (Å²) in [5, 5.41) is 11.5. The molecule has 0 bridgehead atoms. The molecule has 20 heavy (non-hydrogen) atoms. The third-order valence-corrected chi connectivity index (χ3v) is 3.61. The number of nitrogens with zero attached hydrogens (tertiary/aromatic N) is 1. The van der Waals surface area contributed by atoms with Gasteiger partial charge in [-0.15, -0.1) is 0 Å². The van der Waals surface area contributed by atoms with Crippen molar-refractivity contribution >= 4 is 23.5 Å². The Morgan fingerprint density at radius 2 is 2.05 bits per heavy atom. The van der Waals surface area contributed by atoms with Crippen molar-refractivity contribution < 1.29 is 9.90 Å². The van der Waals surface area contributed by atoms with Crippen LogP contribution in [0.1, 0.15) is 15.9 Å². The van der Waals surface area contributed by atoms with E-state index in [2.05, 4.69) is 10.3 Å². The molecule has 0 aliphatic rings. The molecule has 2 aromatic rings. The molecule has 0 aliphatic heterocycles. The van der Waals surface area contributed by atoms with Crippen LogP contribution < -0.4 is 5.32 Å². The summed E-state index contributed by atoms with van der Waals surface area (Å²) in [6.45, 7) is 0.174. The van der Waals surface area contributed by atoms with E-state index in [0.29, 0.717) is 17.1 Å². The molecule has 0 fully saturated rings. The lowest BCUT2D eigenvalue weighted by Gasteiger charge is -2.06. The molecule has 2 rings (SSSR count). The van der Waals surface area contributed by atoms with E-state index in [9.17, 15) is 4.79 Å². The van der Waals surface area contributed by atoms with Gasteiger partial charge in [0.2, 0.25) is 0 Å². The standard InChI is InChI=1S/C15H16N2O2S/c18-8-9-20-11-12-6-7-16-14(10-12)17-15(19)13-4-2-1-3-5-13/h1-7,10,18H,8-9,11H2,(H,16,17,19). The predicted octanol–water partition coefficient (Wildman–Crippen LogP) is 2.56. The summed E-state index contributed by atoms with van der Waals surface area (Å²) in [7, 11) is 0. The van der Waals surface area contributed by atoms with Crippen LogP contribution in [-0.4, -0.2) is 28.4 Å². The van der Waals surface area contributed by atoms with Crippen molar-refractivity contribution in [1.29, 1.82) is 0 Å². The van der Waals surface area contributed by atoms with Crippen molar-refractivity contribution in [2.45, 2.75) is 5.75 Å². The Morgan fingerprint density at radius 3 is 2.80 bits per heavy atom. The van der Waals surface area contributed by atoms with Gasteiger partial charge in [0, 0.05) is 23.3 Å². The van der Waals surface area contributed by atoms with E-state index in [1.165, 1.54) is 0 Å². The average molecular weight is 288 g/mol. The highest BCUT2D eigenvalue weighted by molar-refractivity contribution is 7.98. The van der Waals surface area contributed by atoms with Crippen LogP contribution in [0.25, 0.3) is 0 Å². The molecule has 0 aliphatic carbocycles. The topological polar surface area (TPSA) is 62.2 Å². The quantitative estimate of drug-likeness (QED) is 0.802. The molecule has 0 atom stereocenters. The van der Waals surface area contributed by atoms with Gasteiger partial charge in [0.1, 0.15) is 5.82 Å². The van der Waals surface area contributed by atoms with Gasteiger partial charge in [-0.25, -0.2) is 4.98 Å². The third-order valence-electron chi connectivity index (χ3n) is 2.61. The number of benzene rings is 1. The highest BCUT2D eigenvalue weighted by Crippen LogP contribution is 2.15. The van der Waals surface area contributed by atoms with Crippen LogP contribution in [0.3, 0.4) is 0 Å². The molecule has 0 unspecified atom stereocenters. The number of nitrogens with one attached hydrogen (secondary N) is 1. The number of carbonyl (C=O) groups is 1. The van der Waals surface area contributed by atoms with Gasteiger partial charge < -0.3 is 10.4 Å². The first-order valence-corrected chi connectivity index (χ1v) is 7.45. The van der Waals surface area contributed by atoms with E-state index in [1.807, 2.05) is 30.3 Å². The van der Waals surface area contributed by atoms with E-state index >= 15 is 0 Å². The van der Waals surface area contributed by atoms with E-state index in [-0.39, 0.29) is 12.5 Å². The molecule has 1 aromatic carbocycles. The molecule has 1 aromatic heterocycles. The lowest BCUT2D eigenvalue weighted by atomic mass is 10.2. The zero-order valence-corrected chi connectivity index (χ0v) is 11.8. The molecule has 0 radical (unpaired) electrons. The maximum absolute atomic E-state index is 12.0. The van der Waals surface area contributed by atoms with Crippen LogP contribution in [0.4, 0.5) is 5.82 Å². The fourth-order valence-electron chi connectivity index (χ4n) is 1.67. The van der Waals surface area contributed by atoms with E-state index in [1.54, 1.807) is 30.1 Å². The van der Waals surface area contributed by atoms with Crippen molar-refractivity contribution in [1.82, 2.24) is 4.98 Å². The number of rotatable bonds is 6. The minimum absolute atomic E-state index is 0.168. The minimum atomic E-state index is -0.168. The second kappa shape index (κ2) is 7.67. The van der Waals surface area contributed by atoms with Gasteiger partial charge in [-0.3, -0.25) is 4.79 Å². The summed E-state index contributed by atoms with van der Waals surface area (Å²) in [6.07, 6.45) is 1.68. The second-order valence-corrected chi connectivity index (χ2v) is 5.25. The average Bonchev–Trinajstić information content (AvgIpc) is 2.49. The van der Waals surface area contributed by atoms with Crippen LogP contribution >= 0.6 is 11.8 Å². The van der Waals surface area contributed by atoms with Crippen LogP contribution in [0.15, 0.2) is 48.7 Å². The Labute approximate surface area is 122 Å². The molecule has 1 amide bonds. The number of aliphatic hydroxyl groups excluding tert-OH is 1. The number of aromatic nitrogens is 1. The van der Waals surface area contributed by atoms with Crippen molar-refractivity contribution in [3.05, 3.63) is 59.8 Å². The molecule has 5 heteroatoms. The largest absolute Gasteiger partial charge is 0.396 e. The Hall–Kier alpha value is -1.85. The number of anilines is 1. The van der Waals surface area contributed by atoms with Crippen molar-refractivity contribution in [3.8, 4) is 0 Å². The zero-order chi connectivity index (χ0) is 14.2. The van der Waals surface area contributed by atoms with E-state index < -0.39 is 0 Å². The van der Waals surface area contributed by atoms with E-state index in [4.69, 9.17) is 5.11 Å². The number of hydrogen-bond donors (Lipinski definition) is 2. The Morgan fingerprint density at radius 1 is 1.25 bits per heavy atom. The van der Waals surface area contributed by atoms with Gasteiger partial charge in [0.05, 0.1) is 6.61 Å². The lowest BCUT2D eigenvalue weighted by molar-refractivity contribution is 0.102. The Bertz CT molecular complexity index is 561. The molecular formula is C15H16N2O2S. The fraction of sp³-hybridized carbons (Fsp3) is 0.200. The van der Waals surface area contributed by atoms with Crippen molar-refractivity contribution in [2.75, 3.05) is 17.7 Å². The maximum atomic E-state index is 12.0. The highest BCUT2D eigenvalue weighted by Gasteiger charge is 2.06.